The van der Waals surface area contributed by atoms with Crippen LogP contribution in [0.5, 0.6) is 0 Å². The van der Waals surface area contributed by atoms with E-state index in [2.05, 4.69) is 33.4 Å². The molecule has 1 nitrogen and oxygen atoms in total. The number of ether oxygens (including phenoxy) is 1. The van der Waals surface area contributed by atoms with E-state index in [4.69, 9.17) is 4.74 Å². The van der Waals surface area contributed by atoms with Gasteiger partial charge in [0.15, 0.2) is 0 Å². The molecular formula is C14H32OSSi. The number of hydrogen-bond acceptors (Lipinski definition) is 2. The van der Waals surface area contributed by atoms with Gasteiger partial charge in [-0.3, -0.25) is 0 Å². The molecule has 17 heavy (non-hydrogen) atoms. The highest BCUT2D eigenvalue weighted by atomic mass is 32.1. The van der Waals surface area contributed by atoms with Crippen molar-refractivity contribution in [2.75, 3.05) is 12.4 Å². The third kappa shape index (κ3) is 9.15. The fraction of sp³-hybridized carbons (Fsp3) is 1.00. The summed E-state index contributed by atoms with van der Waals surface area (Å²) in [5.74, 6) is 1.01. The van der Waals surface area contributed by atoms with Gasteiger partial charge in [-0.2, -0.15) is 12.6 Å². The van der Waals surface area contributed by atoms with Crippen LogP contribution < -0.4 is 0 Å². The van der Waals surface area contributed by atoms with Crippen LogP contribution in [0.4, 0.5) is 0 Å². The van der Waals surface area contributed by atoms with Crippen LogP contribution in [0.2, 0.25) is 12.1 Å². The fourth-order valence-corrected chi connectivity index (χ4v) is 6.20. The molecule has 0 aromatic carbocycles. The first-order valence-electron chi connectivity index (χ1n) is 7.52. The Morgan fingerprint density at radius 1 is 1.00 bits per heavy atom. The van der Waals surface area contributed by atoms with Crippen molar-refractivity contribution >= 4 is 21.4 Å². The molecule has 104 valence electrons. The minimum absolute atomic E-state index is 0.619. The minimum Gasteiger partial charge on any atom is -0.382 e. The highest BCUT2D eigenvalue weighted by Crippen LogP contribution is 2.17. The van der Waals surface area contributed by atoms with E-state index in [1.807, 2.05) is 0 Å². The van der Waals surface area contributed by atoms with Crippen LogP contribution in [0.25, 0.3) is 0 Å². The van der Waals surface area contributed by atoms with Gasteiger partial charge in [-0.25, -0.2) is 0 Å². The molecule has 0 rings (SSSR count). The number of hydrogen-bond donors (Lipinski definition) is 1. The summed E-state index contributed by atoms with van der Waals surface area (Å²) in [5, 5.41) is 0. The highest BCUT2D eigenvalue weighted by Gasteiger charge is 2.21. The molecule has 0 heterocycles. The van der Waals surface area contributed by atoms with Crippen molar-refractivity contribution in [3.63, 3.8) is 0 Å². The standard InChI is InChI=1S/C14H32OSSi/c1-4-7-10-15-14(9-8-11-16)17(12-5-2)13-6-3/h14,16-17H,4-13H2,1-3H3. The van der Waals surface area contributed by atoms with Crippen molar-refractivity contribution in [3.05, 3.63) is 0 Å². The van der Waals surface area contributed by atoms with Gasteiger partial charge in [-0.1, -0.05) is 52.1 Å². The Labute approximate surface area is 116 Å². The Bertz CT molecular complexity index is 149. The molecule has 0 aromatic heterocycles. The lowest BCUT2D eigenvalue weighted by Crippen LogP contribution is -2.33. The topological polar surface area (TPSA) is 9.23 Å². The zero-order valence-corrected chi connectivity index (χ0v) is 14.1. The molecule has 0 aliphatic rings. The molecule has 0 aliphatic heterocycles. The van der Waals surface area contributed by atoms with Crippen molar-refractivity contribution in [1.29, 1.82) is 0 Å². The molecule has 0 saturated heterocycles. The van der Waals surface area contributed by atoms with E-state index in [9.17, 15) is 0 Å². The van der Waals surface area contributed by atoms with Gasteiger partial charge in [-0.15, -0.1) is 0 Å². The van der Waals surface area contributed by atoms with Crippen LogP contribution in [0, 0.1) is 0 Å². The summed E-state index contributed by atoms with van der Waals surface area (Å²) in [6.07, 6.45) is 7.61. The Morgan fingerprint density at radius 3 is 2.12 bits per heavy atom. The first kappa shape index (κ1) is 17.5. The van der Waals surface area contributed by atoms with Gasteiger partial charge in [0.25, 0.3) is 0 Å². The monoisotopic (exact) mass is 276 g/mol. The minimum atomic E-state index is -0.679. The average Bonchev–Trinajstić information content (AvgIpc) is 2.33. The van der Waals surface area contributed by atoms with Crippen LogP contribution in [0.1, 0.15) is 59.3 Å². The van der Waals surface area contributed by atoms with Crippen LogP contribution in [-0.2, 0) is 4.74 Å². The summed E-state index contributed by atoms with van der Waals surface area (Å²) >= 11 is 4.34. The van der Waals surface area contributed by atoms with Gasteiger partial charge in [0.05, 0.1) is 8.80 Å². The maximum atomic E-state index is 6.18. The second kappa shape index (κ2) is 13.0. The van der Waals surface area contributed by atoms with Crippen molar-refractivity contribution in [1.82, 2.24) is 0 Å². The number of rotatable bonds is 12. The van der Waals surface area contributed by atoms with Gasteiger partial charge < -0.3 is 4.74 Å². The predicted octanol–water partition coefficient (Wildman–Crippen LogP) is 4.47. The molecule has 0 N–H and O–H groups in total. The van der Waals surface area contributed by atoms with Gasteiger partial charge in [0.2, 0.25) is 0 Å². The average molecular weight is 277 g/mol. The van der Waals surface area contributed by atoms with E-state index >= 15 is 0 Å². The smallest absolute Gasteiger partial charge is 0.0716 e. The molecule has 0 radical (unpaired) electrons. The Morgan fingerprint density at radius 2 is 1.65 bits per heavy atom. The van der Waals surface area contributed by atoms with Crippen molar-refractivity contribution in [2.45, 2.75) is 77.1 Å². The van der Waals surface area contributed by atoms with Gasteiger partial charge >= 0.3 is 0 Å². The van der Waals surface area contributed by atoms with Gasteiger partial charge in [0.1, 0.15) is 0 Å². The predicted molar refractivity (Wildman–Crippen MR) is 85.1 cm³/mol. The maximum Gasteiger partial charge on any atom is 0.0716 e. The zero-order valence-electron chi connectivity index (χ0n) is 12.1. The van der Waals surface area contributed by atoms with E-state index < -0.39 is 8.80 Å². The summed E-state index contributed by atoms with van der Waals surface area (Å²) in [7, 11) is -0.679. The maximum absolute atomic E-state index is 6.18. The second-order valence-corrected chi connectivity index (χ2v) is 8.83. The van der Waals surface area contributed by atoms with E-state index in [0.717, 1.165) is 12.4 Å². The van der Waals surface area contributed by atoms with Gasteiger partial charge in [-0.05, 0) is 25.0 Å². The van der Waals surface area contributed by atoms with Crippen LogP contribution in [-0.4, -0.2) is 26.9 Å². The summed E-state index contributed by atoms with van der Waals surface area (Å²) < 4.78 is 6.18. The number of thiol groups is 1. The van der Waals surface area contributed by atoms with E-state index in [1.54, 1.807) is 0 Å². The molecule has 0 fully saturated rings. The molecule has 0 saturated carbocycles. The normalized spacial score (nSPS) is 13.2. The highest BCUT2D eigenvalue weighted by molar-refractivity contribution is 7.80. The SMILES string of the molecule is CCCCOC(CCCS)[SiH](CCC)CCC. The van der Waals surface area contributed by atoms with E-state index in [1.165, 1.54) is 50.6 Å². The second-order valence-electron chi connectivity index (χ2n) is 4.97. The quantitative estimate of drug-likeness (QED) is 0.314. The van der Waals surface area contributed by atoms with Crippen molar-refractivity contribution < 1.29 is 4.74 Å². The number of unbranched alkanes of at least 4 members (excludes halogenated alkanes) is 1. The molecule has 3 heteroatoms. The van der Waals surface area contributed by atoms with Crippen LogP contribution in [0.3, 0.4) is 0 Å². The fourth-order valence-electron chi connectivity index (χ4n) is 2.38. The molecule has 0 aliphatic carbocycles. The zero-order chi connectivity index (χ0) is 12.9. The van der Waals surface area contributed by atoms with Crippen LogP contribution >= 0.6 is 12.6 Å². The largest absolute Gasteiger partial charge is 0.382 e. The summed E-state index contributed by atoms with van der Waals surface area (Å²) in [4.78, 5) is 0. The summed E-state index contributed by atoms with van der Waals surface area (Å²) in [6.45, 7) is 7.85. The molecule has 0 spiro atoms. The summed E-state index contributed by atoms with van der Waals surface area (Å²) in [5.41, 5.74) is 0.619. The first-order valence-corrected chi connectivity index (χ1v) is 10.5. The van der Waals surface area contributed by atoms with Crippen molar-refractivity contribution in [3.8, 4) is 0 Å². The van der Waals surface area contributed by atoms with Crippen LogP contribution in [0.15, 0.2) is 0 Å². The molecule has 0 amide bonds. The van der Waals surface area contributed by atoms with E-state index in [-0.39, 0.29) is 0 Å². The molecule has 1 unspecified atom stereocenters. The molecule has 0 aromatic rings. The first-order chi connectivity index (χ1) is 8.29. The lowest BCUT2D eigenvalue weighted by molar-refractivity contribution is 0.0928. The van der Waals surface area contributed by atoms with Crippen molar-refractivity contribution in [2.24, 2.45) is 0 Å². The lowest BCUT2D eigenvalue weighted by atomic mass is 10.3. The Kier molecular flexibility index (Phi) is 13.4. The Balaban J connectivity index is 4.15. The molecule has 0 bridgehead atoms. The third-order valence-electron chi connectivity index (χ3n) is 3.32. The van der Waals surface area contributed by atoms with E-state index in [0.29, 0.717) is 5.73 Å². The Hall–Kier alpha value is 0.527. The molecule has 1 atom stereocenters. The summed E-state index contributed by atoms with van der Waals surface area (Å²) in [6, 6.07) is 2.91. The third-order valence-corrected chi connectivity index (χ3v) is 7.85. The lowest BCUT2D eigenvalue weighted by Gasteiger charge is -2.26. The van der Waals surface area contributed by atoms with Gasteiger partial charge in [0, 0.05) is 12.3 Å². The molecular weight excluding hydrogens is 244 g/mol.